The molecule has 0 atom stereocenters. The number of benzene rings is 1. The fourth-order valence-electron chi connectivity index (χ4n) is 1.59. The average Bonchev–Trinajstić information content (AvgIpc) is 2.75. The van der Waals surface area contributed by atoms with Gasteiger partial charge in [0.25, 0.3) is 5.91 Å². The maximum absolute atomic E-state index is 12.0. The number of rotatable bonds is 3. The van der Waals surface area contributed by atoms with Gasteiger partial charge in [0, 0.05) is 4.88 Å². The quantitative estimate of drug-likeness (QED) is 0.908. The number of aryl methyl sites for hydroxylation is 1. The maximum atomic E-state index is 12.0. The van der Waals surface area contributed by atoms with Gasteiger partial charge in [-0.25, -0.2) is 4.79 Å². The minimum absolute atomic E-state index is 0.0904. The lowest BCUT2D eigenvalue weighted by Crippen LogP contribution is -2.13. The van der Waals surface area contributed by atoms with Crippen LogP contribution in [0.25, 0.3) is 0 Å². The third-order valence-corrected chi connectivity index (χ3v) is 3.75. The molecule has 0 radical (unpaired) electrons. The second kappa shape index (κ2) is 5.42. The highest BCUT2D eigenvalue weighted by atomic mass is 35.5. The molecule has 19 heavy (non-hydrogen) atoms. The molecule has 0 bridgehead atoms. The van der Waals surface area contributed by atoms with Crippen molar-refractivity contribution >= 4 is 40.5 Å². The Hall–Kier alpha value is -1.85. The number of hydrogen-bond acceptors (Lipinski definition) is 3. The number of thiophene rings is 1. The third kappa shape index (κ3) is 2.94. The van der Waals surface area contributed by atoms with E-state index in [1.165, 1.54) is 23.5 Å². The van der Waals surface area contributed by atoms with Crippen LogP contribution < -0.4 is 5.32 Å². The minimum atomic E-state index is -1.18. The molecule has 1 heterocycles. The van der Waals surface area contributed by atoms with Crippen LogP contribution in [0.5, 0.6) is 0 Å². The molecule has 6 heteroatoms. The van der Waals surface area contributed by atoms with Crippen LogP contribution >= 0.6 is 22.9 Å². The lowest BCUT2D eigenvalue weighted by molar-refractivity contribution is 0.0698. The molecular formula is C13H10ClNO3S. The molecule has 0 fully saturated rings. The summed E-state index contributed by atoms with van der Waals surface area (Å²) >= 11 is 7.17. The Bertz CT molecular complexity index is 651. The number of carboxylic acid groups (broad SMARTS) is 1. The average molecular weight is 296 g/mol. The molecule has 0 saturated heterocycles. The lowest BCUT2D eigenvalue weighted by Gasteiger charge is -2.08. The van der Waals surface area contributed by atoms with Gasteiger partial charge in [-0.3, -0.25) is 4.79 Å². The molecule has 0 saturated carbocycles. The van der Waals surface area contributed by atoms with Gasteiger partial charge in [0.1, 0.15) is 5.56 Å². The van der Waals surface area contributed by atoms with E-state index in [0.29, 0.717) is 4.88 Å². The first-order chi connectivity index (χ1) is 8.99. The number of hydrogen-bond donors (Lipinski definition) is 2. The van der Waals surface area contributed by atoms with E-state index in [1.807, 2.05) is 13.0 Å². The topological polar surface area (TPSA) is 66.4 Å². The van der Waals surface area contributed by atoms with E-state index >= 15 is 0 Å². The Morgan fingerprint density at radius 2 is 2.00 bits per heavy atom. The van der Waals surface area contributed by atoms with Gasteiger partial charge in [-0.15, -0.1) is 11.3 Å². The van der Waals surface area contributed by atoms with Crippen molar-refractivity contribution in [2.24, 2.45) is 0 Å². The van der Waals surface area contributed by atoms with Crippen molar-refractivity contribution in [3.8, 4) is 0 Å². The normalized spacial score (nSPS) is 10.2. The molecule has 0 unspecified atom stereocenters. The van der Waals surface area contributed by atoms with Gasteiger partial charge in [-0.1, -0.05) is 17.7 Å². The van der Waals surface area contributed by atoms with E-state index in [1.54, 1.807) is 12.1 Å². The standard InChI is InChI=1S/C13H10ClNO3S/c1-7-5-6-10(19-7)12(16)15-9-4-2-3-8(14)11(9)13(17)18/h2-6H,1H3,(H,15,16)(H,17,18). The van der Waals surface area contributed by atoms with E-state index in [0.717, 1.165) is 4.88 Å². The number of anilines is 1. The highest BCUT2D eigenvalue weighted by Gasteiger charge is 2.17. The van der Waals surface area contributed by atoms with Gasteiger partial charge in [0.2, 0.25) is 0 Å². The number of nitrogens with one attached hydrogen (secondary N) is 1. The molecule has 0 aliphatic heterocycles. The van der Waals surface area contributed by atoms with Gasteiger partial charge in [-0.05, 0) is 31.2 Å². The zero-order valence-corrected chi connectivity index (χ0v) is 11.5. The first-order valence-corrected chi connectivity index (χ1v) is 6.58. The highest BCUT2D eigenvalue weighted by molar-refractivity contribution is 7.14. The fourth-order valence-corrected chi connectivity index (χ4v) is 2.60. The van der Waals surface area contributed by atoms with Crippen LogP contribution in [0, 0.1) is 6.92 Å². The van der Waals surface area contributed by atoms with E-state index in [-0.39, 0.29) is 22.2 Å². The molecule has 0 aliphatic carbocycles. The maximum Gasteiger partial charge on any atom is 0.339 e. The molecule has 1 aromatic heterocycles. The number of carbonyl (C=O) groups excluding carboxylic acids is 1. The number of aromatic carboxylic acids is 1. The molecule has 1 aromatic carbocycles. The van der Waals surface area contributed by atoms with Crippen molar-refractivity contribution in [2.45, 2.75) is 6.92 Å². The predicted octanol–water partition coefficient (Wildman–Crippen LogP) is 3.66. The summed E-state index contributed by atoms with van der Waals surface area (Å²) in [5, 5.41) is 11.8. The highest BCUT2D eigenvalue weighted by Crippen LogP contribution is 2.25. The molecule has 98 valence electrons. The van der Waals surface area contributed by atoms with Crippen LogP contribution in [0.3, 0.4) is 0 Å². The Morgan fingerprint density at radius 3 is 2.58 bits per heavy atom. The second-order valence-electron chi connectivity index (χ2n) is 3.83. The molecule has 2 aromatic rings. The van der Waals surface area contributed by atoms with Crippen molar-refractivity contribution in [2.75, 3.05) is 5.32 Å². The Kier molecular flexibility index (Phi) is 3.87. The van der Waals surface area contributed by atoms with E-state index in [4.69, 9.17) is 16.7 Å². The number of amides is 1. The Labute approximate surface area is 118 Å². The van der Waals surface area contributed by atoms with Crippen LogP contribution in [0.2, 0.25) is 5.02 Å². The van der Waals surface area contributed by atoms with Gasteiger partial charge in [0.15, 0.2) is 0 Å². The van der Waals surface area contributed by atoms with E-state index in [9.17, 15) is 9.59 Å². The second-order valence-corrected chi connectivity index (χ2v) is 5.53. The Morgan fingerprint density at radius 1 is 1.26 bits per heavy atom. The summed E-state index contributed by atoms with van der Waals surface area (Å²) in [5.41, 5.74) is 0.0850. The molecule has 1 amide bonds. The minimum Gasteiger partial charge on any atom is -0.478 e. The van der Waals surface area contributed by atoms with Crippen molar-refractivity contribution in [3.63, 3.8) is 0 Å². The molecule has 4 nitrogen and oxygen atoms in total. The van der Waals surface area contributed by atoms with Crippen molar-refractivity contribution in [3.05, 3.63) is 50.7 Å². The largest absolute Gasteiger partial charge is 0.478 e. The zero-order valence-electron chi connectivity index (χ0n) is 9.94. The summed E-state index contributed by atoms with van der Waals surface area (Å²) in [7, 11) is 0. The first kappa shape index (κ1) is 13.6. The predicted molar refractivity (Wildman–Crippen MR) is 75.4 cm³/mol. The summed E-state index contributed by atoms with van der Waals surface area (Å²) < 4.78 is 0. The SMILES string of the molecule is Cc1ccc(C(=O)Nc2cccc(Cl)c2C(=O)O)s1. The van der Waals surface area contributed by atoms with Gasteiger partial charge in [-0.2, -0.15) is 0 Å². The van der Waals surface area contributed by atoms with Crippen LogP contribution in [-0.4, -0.2) is 17.0 Å². The summed E-state index contributed by atoms with van der Waals surface area (Å²) in [5.74, 6) is -1.52. The van der Waals surface area contributed by atoms with Crippen molar-refractivity contribution in [1.82, 2.24) is 0 Å². The van der Waals surface area contributed by atoms with Gasteiger partial charge >= 0.3 is 5.97 Å². The summed E-state index contributed by atoms with van der Waals surface area (Å²) in [6.07, 6.45) is 0. The number of carboxylic acids is 1. The van der Waals surface area contributed by atoms with Crippen LogP contribution in [0.4, 0.5) is 5.69 Å². The lowest BCUT2D eigenvalue weighted by atomic mass is 10.1. The van der Waals surface area contributed by atoms with Crippen LogP contribution in [0.1, 0.15) is 24.9 Å². The number of halogens is 1. The van der Waals surface area contributed by atoms with Crippen molar-refractivity contribution < 1.29 is 14.7 Å². The van der Waals surface area contributed by atoms with Gasteiger partial charge < -0.3 is 10.4 Å². The molecular weight excluding hydrogens is 286 g/mol. The smallest absolute Gasteiger partial charge is 0.339 e. The molecule has 0 aliphatic rings. The molecule has 2 rings (SSSR count). The monoisotopic (exact) mass is 295 g/mol. The molecule has 0 spiro atoms. The summed E-state index contributed by atoms with van der Waals surface area (Å²) in [6, 6.07) is 8.09. The molecule has 2 N–H and O–H groups in total. The van der Waals surface area contributed by atoms with Crippen LogP contribution in [0.15, 0.2) is 30.3 Å². The third-order valence-electron chi connectivity index (χ3n) is 2.44. The van der Waals surface area contributed by atoms with Crippen LogP contribution in [-0.2, 0) is 0 Å². The van der Waals surface area contributed by atoms with Gasteiger partial charge in [0.05, 0.1) is 15.6 Å². The van der Waals surface area contributed by atoms with E-state index in [2.05, 4.69) is 5.32 Å². The van der Waals surface area contributed by atoms with Crippen molar-refractivity contribution in [1.29, 1.82) is 0 Å². The zero-order chi connectivity index (χ0) is 14.0. The first-order valence-electron chi connectivity index (χ1n) is 5.38. The Balaban J connectivity index is 2.31. The fraction of sp³-hybridized carbons (Fsp3) is 0.0769. The van der Waals surface area contributed by atoms with E-state index < -0.39 is 5.97 Å². The summed E-state index contributed by atoms with van der Waals surface area (Å²) in [4.78, 5) is 24.6. The number of carbonyl (C=O) groups is 2. The summed E-state index contributed by atoms with van der Waals surface area (Å²) in [6.45, 7) is 1.89.